The van der Waals surface area contributed by atoms with Gasteiger partial charge in [0.1, 0.15) is 17.0 Å². The van der Waals surface area contributed by atoms with E-state index in [1.54, 1.807) is 25.9 Å². The van der Waals surface area contributed by atoms with E-state index < -0.39 is 11.5 Å². The third-order valence-electron chi connectivity index (χ3n) is 6.36. The van der Waals surface area contributed by atoms with E-state index in [4.69, 9.17) is 9.47 Å². The second-order valence-corrected chi connectivity index (χ2v) is 8.75. The molecule has 0 aliphatic carbocycles. The van der Waals surface area contributed by atoms with Crippen molar-refractivity contribution in [2.45, 2.75) is 38.9 Å². The highest BCUT2D eigenvalue weighted by Gasteiger charge is 2.48. The Balaban J connectivity index is 1.64. The minimum absolute atomic E-state index is 0.0406. The Bertz CT molecular complexity index is 1260. The summed E-state index contributed by atoms with van der Waals surface area (Å²) in [6.07, 6.45) is 0.482. The van der Waals surface area contributed by atoms with Gasteiger partial charge in [0.05, 0.1) is 20.3 Å². The van der Waals surface area contributed by atoms with Crippen molar-refractivity contribution in [3.05, 3.63) is 83.2 Å². The molecular formula is C27H30N4O5. The number of rotatable bonds is 9. The maximum Gasteiger partial charge on any atom is 0.358 e. The largest absolute Gasteiger partial charge is 0.496 e. The Labute approximate surface area is 210 Å². The van der Waals surface area contributed by atoms with E-state index in [2.05, 4.69) is 10.4 Å². The predicted molar refractivity (Wildman–Crippen MR) is 133 cm³/mol. The first-order valence-corrected chi connectivity index (χ1v) is 11.9. The summed E-state index contributed by atoms with van der Waals surface area (Å²) < 4.78 is 11.9. The van der Waals surface area contributed by atoms with E-state index in [1.165, 1.54) is 10.7 Å². The van der Waals surface area contributed by atoms with Gasteiger partial charge in [-0.15, -0.1) is 0 Å². The van der Waals surface area contributed by atoms with Crippen molar-refractivity contribution in [3.8, 4) is 5.75 Å². The Morgan fingerprint density at radius 3 is 2.56 bits per heavy atom. The third-order valence-corrected chi connectivity index (χ3v) is 6.36. The van der Waals surface area contributed by atoms with Gasteiger partial charge in [-0.25, -0.2) is 4.79 Å². The number of ether oxygens (including phenoxy) is 2. The van der Waals surface area contributed by atoms with E-state index in [1.807, 2.05) is 54.6 Å². The molecule has 188 valence electrons. The monoisotopic (exact) mass is 490 g/mol. The summed E-state index contributed by atoms with van der Waals surface area (Å²) in [4.78, 5) is 41.1. The molecule has 0 saturated carbocycles. The number of esters is 1. The van der Waals surface area contributed by atoms with E-state index >= 15 is 0 Å². The average Bonchev–Trinajstić information content (AvgIpc) is 3.32. The van der Waals surface area contributed by atoms with Gasteiger partial charge in [0, 0.05) is 19.2 Å². The molecule has 2 amide bonds. The molecule has 0 fully saturated rings. The fraction of sp³-hybridized carbons (Fsp3) is 0.333. The number of nitrogens with zero attached hydrogens (tertiary/aromatic N) is 3. The van der Waals surface area contributed by atoms with Gasteiger partial charge >= 0.3 is 5.97 Å². The van der Waals surface area contributed by atoms with Crippen molar-refractivity contribution in [2.24, 2.45) is 0 Å². The van der Waals surface area contributed by atoms with Gasteiger partial charge in [-0.05, 0) is 37.5 Å². The molecule has 1 aliphatic rings. The van der Waals surface area contributed by atoms with Crippen molar-refractivity contribution < 1.29 is 23.9 Å². The number of nitrogens with one attached hydrogen (secondary N) is 1. The predicted octanol–water partition coefficient (Wildman–Crippen LogP) is 2.84. The van der Waals surface area contributed by atoms with Crippen LogP contribution in [0.4, 0.5) is 0 Å². The fourth-order valence-electron chi connectivity index (χ4n) is 4.41. The van der Waals surface area contributed by atoms with Gasteiger partial charge in [-0.2, -0.15) is 5.10 Å². The van der Waals surface area contributed by atoms with Crippen LogP contribution in [0.25, 0.3) is 0 Å². The van der Waals surface area contributed by atoms with Crippen LogP contribution in [0.15, 0.2) is 60.7 Å². The Kier molecular flexibility index (Phi) is 7.38. The zero-order chi connectivity index (χ0) is 25.7. The number of methoxy groups -OCH3 is 1. The van der Waals surface area contributed by atoms with E-state index in [0.717, 1.165) is 11.1 Å². The van der Waals surface area contributed by atoms with Gasteiger partial charge in [0.25, 0.3) is 5.91 Å². The molecule has 0 radical (unpaired) electrons. The summed E-state index contributed by atoms with van der Waals surface area (Å²) in [5, 5.41) is 7.26. The number of fused-ring (bicyclic) bond motifs is 1. The standard InChI is InChI=1S/C27H30N4O5/c1-4-36-25(33)21-16-22-24(32)30(15-14-20-12-8-9-13-23(20)35-3)27(2,18-31(22)29-21)26(34)28-17-19-10-6-5-7-11-19/h5-13,16H,4,14-15,17-18H2,1-3H3,(H,28,34)/t27-/m1/s1. The maximum atomic E-state index is 13.7. The number of para-hydroxylation sites is 1. The van der Waals surface area contributed by atoms with Crippen molar-refractivity contribution >= 4 is 17.8 Å². The van der Waals surface area contributed by atoms with Crippen LogP contribution in [0.3, 0.4) is 0 Å². The lowest BCUT2D eigenvalue weighted by atomic mass is 9.94. The van der Waals surface area contributed by atoms with Crippen LogP contribution in [0.1, 0.15) is 46.0 Å². The molecule has 2 aromatic carbocycles. The molecule has 1 aliphatic heterocycles. The fourth-order valence-corrected chi connectivity index (χ4v) is 4.41. The molecule has 2 heterocycles. The van der Waals surface area contributed by atoms with Crippen molar-refractivity contribution in [2.75, 3.05) is 20.3 Å². The highest BCUT2D eigenvalue weighted by molar-refractivity contribution is 6.01. The zero-order valence-electron chi connectivity index (χ0n) is 20.7. The van der Waals surface area contributed by atoms with Crippen LogP contribution in [0.5, 0.6) is 5.75 Å². The third kappa shape index (κ3) is 4.95. The van der Waals surface area contributed by atoms with E-state index in [9.17, 15) is 14.4 Å². The quantitative estimate of drug-likeness (QED) is 0.463. The minimum atomic E-state index is -1.24. The minimum Gasteiger partial charge on any atom is -0.496 e. The molecule has 0 bridgehead atoms. The Hall–Kier alpha value is -4.14. The number of hydrogen-bond donors (Lipinski definition) is 1. The van der Waals surface area contributed by atoms with Gasteiger partial charge in [0.15, 0.2) is 5.69 Å². The summed E-state index contributed by atoms with van der Waals surface area (Å²) in [6.45, 7) is 4.31. The molecule has 36 heavy (non-hydrogen) atoms. The average molecular weight is 491 g/mol. The molecule has 1 N–H and O–H groups in total. The summed E-state index contributed by atoms with van der Waals surface area (Å²) in [5.41, 5.74) is 0.914. The van der Waals surface area contributed by atoms with Gasteiger partial charge < -0.3 is 19.7 Å². The first kappa shape index (κ1) is 25.0. The van der Waals surface area contributed by atoms with Crippen LogP contribution in [0.2, 0.25) is 0 Å². The van der Waals surface area contributed by atoms with Crippen LogP contribution in [-0.2, 0) is 29.0 Å². The lowest BCUT2D eigenvalue weighted by molar-refractivity contribution is -0.133. The normalized spacial score (nSPS) is 16.9. The maximum absolute atomic E-state index is 13.7. The number of benzene rings is 2. The van der Waals surface area contributed by atoms with Crippen molar-refractivity contribution in [1.29, 1.82) is 0 Å². The van der Waals surface area contributed by atoms with Crippen LogP contribution in [-0.4, -0.2) is 58.3 Å². The van der Waals surface area contributed by atoms with Crippen LogP contribution in [0, 0.1) is 0 Å². The summed E-state index contributed by atoms with van der Waals surface area (Å²) >= 11 is 0. The first-order valence-electron chi connectivity index (χ1n) is 11.9. The number of carbonyl (C=O) groups is 3. The molecule has 0 spiro atoms. The van der Waals surface area contributed by atoms with Crippen LogP contribution >= 0.6 is 0 Å². The molecule has 0 saturated heterocycles. The lowest BCUT2D eigenvalue weighted by Crippen LogP contribution is -2.64. The summed E-state index contributed by atoms with van der Waals surface area (Å²) in [7, 11) is 1.60. The van der Waals surface area contributed by atoms with Gasteiger partial charge in [0.2, 0.25) is 5.91 Å². The van der Waals surface area contributed by atoms with Gasteiger partial charge in [-0.1, -0.05) is 48.5 Å². The lowest BCUT2D eigenvalue weighted by Gasteiger charge is -2.43. The van der Waals surface area contributed by atoms with E-state index in [0.29, 0.717) is 18.7 Å². The summed E-state index contributed by atoms with van der Waals surface area (Å²) in [6, 6.07) is 18.6. The zero-order valence-corrected chi connectivity index (χ0v) is 20.7. The second kappa shape index (κ2) is 10.6. The number of carbonyl (C=O) groups excluding carboxylic acids is 3. The summed E-state index contributed by atoms with van der Waals surface area (Å²) in [5.74, 6) is -0.579. The smallest absolute Gasteiger partial charge is 0.358 e. The van der Waals surface area contributed by atoms with Crippen molar-refractivity contribution in [3.63, 3.8) is 0 Å². The highest BCUT2D eigenvalue weighted by atomic mass is 16.5. The molecule has 1 aromatic heterocycles. The van der Waals surface area contributed by atoms with Gasteiger partial charge in [-0.3, -0.25) is 14.3 Å². The second-order valence-electron chi connectivity index (χ2n) is 8.75. The van der Waals surface area contributed by atoms with Crippen LogP contribution < -0.4 is 10.1 Å². The number of hydrogen-bond acceptors (Lipinski definition) is 6. The molecule has 9 heteroatoms. The number of amides is 2. The molecule has 0 unspecified atom stereocenters. The molecule has 4 rings (SSSR count). The Morgan fingerprint density at radius 1 is 1.11 bits per heavy atom. The van der Waals surface area contributed by atoms with E-state index in [-0.39, 0.29) is 42.9 Å². The molecule has 1 atom stereocenters. The topological polar surface area (TPSA) is 103 Å². The molecule has 9 nitrogen and oxygen atoms in total. The Morgan fingerprint density at radius 2 is 1.83 bits per heavy atom. The number of aromatic nitrogens is 2. The molecular weight excluding hydrogens is 460 g/mol. The first-order chi connectivity index (χ1) is 17.4. The SMILES string of the molecule is CCOC(=O)c1cc2n(n1)C[C@](C)(C(=O)NCc1ccccc1)N(CCc1ccccc1OC)C2=O. The highest BCUT2D eigenvalue weighted by Crippen LogP contribution is 2.29. The molecule has 3 aromatic rings. The van der Waals surface area contributed by atoms with Crippen molar-refractivity contribution in [1.82, 2.24) is 20.0 Å².